The number of hydrogen-bond donors (Lipinski definition) is 1. The van der Waals surface area contributed by atoms with Gasteiger partial charge in [-0.1, -0.05) is 32.1 Å². The van der Waals surface area contributed by atoms with E-state index in [2.05, 4.69) is 23.3 Å². The molecule has 0 aliphatic heterocycles. The van der Waals surface area contributed by atoms with Crippen LogP contribution in [-0.2, 0) is 6.54 Å². The van der Waals surface area contributed by atoms with Crippen LogP contribution in [0.25, 0.3) is 17.0 Å². The van der Waals surface area contributed by atoms with Crippen molar-refractivity contribution < 1.29 is 9.90 Å². The first kappa shape index (κ1) is 16.9. The highest BCUT2D eigenvalue weighted by molar-refractivity contribution is 6.07. The quantitative estimate of drug-likeness (QED) is 0.814. The Morgan fingerprint density at radius 2 is 2.12 bits per heavy atom. The number of aromatic nitrogens is 2. The van der Waals surface area contributed by atoms with Crippen LogP contribution < -0.4 is 0 Å². The second kappa shape index (κ2) is 6.17. The van der Waals surface area contributed by atoms with Crippen molar-refractivity contribution in [3.05, 3.63) is 35.5 Å². The summed E-state index contributed by atoms with van der Waals surface area (Å²) in [5.74, 6) is 0.656. The number of fused-ring (bicyclic) bond motifs is 1. The lowest BCUT2D eigenvalue weighted by Gasteiger charge is -2.17. The molecule has 0 amide bonds. The number of carbonyl (C=O) groups excluding carboxylic acids is 1. The maximum atomic E-state index is 12.5. The Balaban J connectivity index is 2.07. The molecule has 0 bridgehead atoms. The molecule has 0 atom stereocenters. The van der Waals surface area contributed by atoms with Crippen LogP contribution in [0.5, 0.6) is 0 Å². The third-order valence-electron chi connectivity index (χ3n) is 4.25. The molecule has 1 fully saturated rings. The van der Waals surface area contributed by atoms with Crippen LogP contribution in [0.4, 0.5) is 0 Å². The van der Waals surface area contributed by atoms with Crippen LogP contribution in [0.1, 0.15) is 56.6 Å². The molecule has 1 N–H and O–H groups in total. The Morgan fingerprint density at radius 3 is 2.71 bits per heavy atom. The Bertz CT molecular complexity index is 790. The van der Waals surface area contributed by atoms with Crippen LogP contribution in [0, 0.1) is 11.8 Å². The van der Waals surface area contributed by atoms with Crippen molar-refractivity contribution in [2.45, 2.75) is 52.7 Å². The van der Waals surface area contributed by atoms with Gasteiger partial charge in [0.1, 0.15) is 5.69 Å². The summed E-state index contributed by atoms with van der Waals surface area (Å²) in [5.41, 5.74) is 1.62. The largest absolute Gasteiger partial charge is 0.389 e. The second-order valence-electron chi connectivity index (χ2n) is 7.81. The molecule has 1 aliphatic rings. The summed E-state index contributed by atoms with van der Waals surface area (Å²) in [6, 6.07) is 6.07. The van der Waals surface area contributed by atoms with E-state index in [0.717, 1.165) is 22.4 Å². The molecule has 1 saturated carbocycles. The monoisotopic (exact) mass is 326 g/mol. The van der Waals surface area contributed by atoms with E-state index in [1.165, 1.54) is 12.8 Å². The van der Waals surface area contributed by atoms with Crippen molar-refractivity contribution in [3.63, 3.8) is 0 Å². The van der Waals surface area contributed by atoms with E-state index >= 15 is 0 Å². The lowest BCUT2D eigenvalue weighted by atomic mass is 10.0. The Kier molecular flexibility index (Phi) is 4.35. The van der Waals surface area contributed by atoms with E-state index in [-0.39, 0.29) is 11.7 Å². The lowest BCUT2D eigenvalue weighted by molar-refractivity contribution is 0.0587. The maximum Gasteiger partial charge on any atom is 0.186 e. The summed E-state index contributed by atoms with van der Waals surface area (Å²) in [5, 5.41) is 15.6. The fourth-order valence-corrected chi connectivity index (χ4v) is 2.77. The number of hydrogen-bond acceptors (Lipinski definition) is 3. The normalized spacial score (nSPS) is 15.8. The minimum absolute atomic E-state index is 0.0377. The van der Waals surface area contributed by atoms with Gasteiger partial charge in [0, 0.05) is 11.3 Å². The van der Waals surface area contributed by atoms with Crippen LogP contribution >= 0.6 is 0 Å². The number of nitrogens with zero attached hydrogens (tertiary/aromatic N) is 2. The topological polar surface area (TPSA) is 55.1 Å². The Hall–Kier alpha value is -1.94. The van der Waals surface area contributed by atoms with E-state index < -0.39 is 5.60 Å². The van der Waals surface area contributed by atoms with Gasteiger partial charge < -0.3 is 5.11 Å². The fourth-order valence-electron chi connectivity index (χ4n) is 2.77. The van der Waals surface area contributed by atoms with E-state index in [9.17, 15) is 9.90 Å². The first-order valence-electron chi connectivity index (χ1n) is 8.70. The molecule has 24 heavy (non-hydrogen) atoms. The highest BCUT2D eigenvalue weighted by Crippen LogP contribution is 2.31. The summed E-state index contributed by atoms with van der Waals surface area (Å²) in [6.45, 7) is 7.62. The number of benzene rings is 1. The molecule has 0 unspecified atom stereocenters. The van der Waals surface area contributed by atoms with E-state index in [1.54, 1.807) is 18.5 Å². The average Bonchev–Trinajstić information content (AvgIpc) is 3.26. The van der Waals surface area contributed by atoms with Crippen molar-refractivity contribution >= 4 is 22.8 Å². The molecule has 0 spiro atoms. The van der Waals surface area contributed by atoms with E-state index in [4.69, 9.17) is 0 Å². The molecule has 4 heteroatoms. The molecule has 1 aromatic heterocycles. The minimum Gasteiger partial charge on any atom is -0.389 e. The number of ketones is 1. The number of aliphatic hydroxyl groups is 1. The Morgan fingerprint density at radius 1 is 1.42 bits per heavy atom. The molecule has 1 heterocycles. The SMILES string of the molecule is CC(C)C(=O)c1nn(CC(C)(C)O)c2cc(/C=C\C3CC3)ccc12. The summed E-state index contributed by atoms with van der Waals surface area (Å²) in [4.78, 5) is 12.5. The van der Waals surface area contributed by atoms with Gasteiger partial charge in [-0.2, -0.15) is 5.10 Å². The molecular weight excluding hydrogens is 300 g/mol. The standard InChI is InChI=1S/C20H26N2O2/c1-13(2)19(23)18-16-10-9-15(8-7-14-5-6-14)11-17(16)22(21-18)12-20(3,4)24/h7-11,13-14,24H,5-6,12H2,1-4H3/b8-7-. The third kappa shape index (κ3) is 3.75. The first-order valence-corrected chi connectivity index (χ1v) is 8.70. The number of allylic oxidation sites excluding steroid dienone is 1. The second-order valence-corrected chi connectivity index (χ2v) is 7.81. The highest BCUT2D eigenvalue weighted by atomic mass is 16.3. The molecule has 0 radical (unpaired) electrons. The fraction of sp³-hybridized carbons (Fsp3) is 0.500. The van der Waals surface area contributed by atoms with Gasteiger partial charge in [0.25, 0.3) is 0 Å². The number of carbonyl (C=O) groups is 1. The van der Waals surface area contributed by atoms with Gasteiger partial charge in [0.2, 0.25) is 0 Å². The molecule has 3 rings (SSSR count). The van der Waals surface area contributed by atoms with Crippen LogP contribution in [0.2, 0.25) is 0 Å². The van der Waals surface area contributed by atoms with Gasteiger partial charge in [-0.25, -0.2) is 0 Å². The predicted molar refractivity (Wildman–Crippen MR) is 97.0 cm³/mol. The predicted octanol–water partition coefficient (Wildman–Crippen LogP) is 4.07. The van der Waals surface area contributed by atoms with Gasteiger partial charge in [-0.05, 0) is 50.3 Å². The van der Waals surface area contributed by atoms with Crippen LogP contribution in [-0.4, -0.2) is 26.3 Å². The zero-order valence-electron chi connectivity index (χ0n) is 14.9. The Labute approximate surface area is 143 Å². The van der Waals surface area contributed by atoms with Crippen LogP contribution in [0.15, 0.2) is 24.3 Å². The van der Waals surface area contributed by atoms with Gasteiger partial charge in [-0.15, -0.1) is 0 Å². The van der Waals surface area contributed by atoms with Crippen molar-refractivity contribution in [1.82, 2.24) is 9.78 Å². The molecule has 1 aliphatic carbocycles. The van der Waals surface area contributed by atoms with E-state index in [0.29, 0.717) is 12.2 Å². The van der Waals surface area contributed by atoms with Crippen molar-refractivity contribution in [2.24, 2.45) is 11.8 Å². The molecular formula is C20H26N2O2. The third-order valence-corrected chi connectivity index (χ3v) is 4.25. The summed E-state index contributed by atoms with van der Waals surface area (Å²) in [6.07, 6.45) is 6.95. The van der Waals surface area contributed by atoms with E-state index in [1.807, 2.05) is 26.0 Å². The van der Waals surface area contributed by atoms with Crippen molar-refractivity contribution in [1.29, 1.82) is 0 Å². The molecule has 4 nitrogen and oxygen atoms in total. The number of Topliss-reactive ketones (excluding diaryl/α,β-unsaturated/α-hetero) is 1. The van der Waals surface area contributed by atoms with Crippen molar-refractivity contribution in [3.8, 4) is 0 Å². The summed E-state index contributed by atoms with van der Waals surface area (Å²) >= 11 is 0. The van der Waals surface area contributed by atoms with Gasteiger partial charge in [-0.3, -0.25) is 9.48 Å². The summed E-state index contributed by atoms with van der Waals surface area (Å²) < 4.78 is 1.76. The van der Waals surface area contributed by atoms with Crippen molar-refractivity contribution in [2.75, 3.05) is 0 Å². The van der Waals surface area contributed by atoms with Gasteiger partial charge >= 0.3 is 0 Å². The molecule has 1 aromatic carbocycles. The van der Waals surface area contributed by atoms with Crippen LogP contribution in [0.3, 0.4) is 0 Å². The minimum atomic E-state index is -0.892. The zero-order chi connectivity index (χ0) is 17.5. The molecule has 128 valence electrons. The smallest absolute Gasteiger partial charge is 0.186 e. The average molecular weight is 326 g/mol. The number of rotatable bonds is 6. The molecule has 2 aromatic rings. The molecule has 0 saturated heterocycles. The summed E-state index contributed by atoms with van der Waals surface area (Å²) in [7, 11) is 0. The zero-order valence-corrected chi connectivity index (χ0v) is 14.9. The maximum absolute atomic E-state index is 12.5. The van der Waals surface area contributed by atoms with Gasteiger partial charge in [0.05, 0.1) is 17.7 Å². The highest BCUT2D eigenvalue weighted by Gasteiger charge is 2.23. The first-order chi connectivity index (χ1) is 11.2. The lowest BCUT2D eigenvalue weighted by Crippen LogP contribution is -2.27. The van der Waals surface area contributed by atoms with Gasteiger partial charge in [0.15, 0.2) is 5.78 Å².